The predicted octanol–water partition coefficient (Wildman–Crippen LogP) is 6.52. The molecule has 0 heterocycles. The van der Waals surface area contributed by atoms with Gasteiger partial charge in [-0.3, -0.25) is 9.59 Å². The van der Waals surface area contributed by atoms with E-state index in [4.69, 9.17) is 11.6 Å². The molecule has 0 aliphatic heterocycles. The number of benzene rings is 4. The van der Waals surface area contributed by atoms with Crippen LogP contribution in [0.4, 0.5) is 0 Å². The summed E-state index contributed by atoms with van der Waals surface area (Å²) in [5.74, 6) is -2.61. The van der Waals surface area contributed by atoms with Crippen molar-refractivity contribution in [3.05, 3.63) is 129 Å². The topological polar surface area (TPSA) is 86.7 Å². The molecule has 0 fully saturated rings. The van der Waals surface area contributed by atoms with E-state index >= 15 is 0 Å². The molecule has 4 aromatic rings. The number of carbonyl (C=O) groups is 3. The van der Waals surface area contributed by atoms with Crippen LogP contribution in [-0.4, -0.2) is 34.3 Å². The number of hydrogen-bond acceptors (Lipinski definition) is 3. The number of aliphatic carboxylic acids is 1. The van der Waals surface area contributed by atoms with Crippen molar-refractivity contribution < 1.29 is 19.5 Å². The molecule has 0 bridgehead atoms. The number of aryl methyl sites for hydroxylation is 3. The van der Waals surface area contributed by atoms with Gasteiger partial charge in [0.2, 0.25) is 0 Å². The van der Waals surface area contributed by atoms with Crippen LogP contribution in [0.15, 0.2) is 84.9 Å². The fraction of sp³-hybridized carbons (Fsp3) is 0.206. The van der Waals surface area contributed by atoms with Gasteiger partial charge in [-0.25, -0.2) is 4.79 Å². The Balaban J connectivity index is 1.41. The molecule has 0 aliphatic rings. The molecular weight excluding hydrogens is 536 g/mol. The Morgan fingerprint density at radius 1 is 0.780 bits per heavy atom. The average Bonchev–Trinajstić information content (AvgIpc) is 2.95. The van der Waals surface area contributed by atoms with Crippen LogP contribution in [0, 0.1) is 20.8 Å². The maximum absolute atomic E-state index is 12.9. The van der Waals surface area contributed by atoms with E-state index in [2.05, 4.69) is 38.2 Å². The zero-order chi connectivity index (χ0) is 29.5. The number of halogens is 1. The highest BCUT2D eigenvalue weighted by Gasteiger charge is 2.21. The molecule has 0 unspecified atom stereocenters. The van der Waals surface area contributed by atoms with Crippen LogP contribution < -0.4 is 5.32 Å². The zero-order valence-electron chi connectivity index (χ0n) is 23.4. The maximum atomic E-state index is 12.9. The molecule has 0 saturated carbocycles. The van der Waals surface area contributed by atoms with Crippen molar-refractivity contribution >= 4 is 29.4 Å². The summed E-state index contributed by atoms with van der Waals surface area (Å²) in [4.78, 5) is 38.0. The molecule has 210 valence electrons. The predicted molar refractivity (Wildman–Crippen MR) is 162 cm³/mol. The van der Waals surface area contributed by atoms with Crippen LogP contribution in [0.25, 0.3) is 11.1 Å². The number of nitrogens with zero attached hydrogens (tertiary/aromatic N) is 1. The van der Waals surface area contributed by atoms with Gasteiger partial charge in [0, 0.05) is 30.2 Å². The quantitative estimate of drug-likeness (QED) is 0.225. The number of amides is 2. The first-order valence-corrected chi connectivity index (χ1v) is 13.8. The first kappa shape index (κ1) is 29.6. The molecule has 2 amide bonds. The maximum Gasteiger partial charge on any atom is 0.394 e. The van der Waals surface area contributed by atoms with E-state index in [1.54, 1.807) is 30.3 Å². The summed E-state index contributed by atoms with van der Waals surface area (Å²) < 4.78 is 0. The number of carboxylic acid groups (broad SMARTS) is 1. The van der Waals surface area contributed by atoms with Gasteiger partial charge >= 0.3 is 11.9 Å². The van der Waals surface area contributed by atoms with Crippen molar-refractivity contribution in [2.45, 2.75) is 40.3 Å². The Morgan fingerprint density at radius 2 is 1.37 bits per heavy atom. The van der Waals surface area contributed by atoms with Crippen molar-refractivity contribution in [3.63, 3.8) is 0 Å². The zero-order valence-corrected chi connectivity index (χ0v) is 24.2. The molecule has 0 radical (unpaired) electrons. The average molecular weight is 569 g/mol. The Labute approximate surface area is 245 Å². The van der Waals surface area contributed by atoms with Gasteiger partial charge in [-0.05, 0) is 90.4 Å². The second-order valence-corrected chi connectivity index (χ2v) is 10.7. The van der Waals surface area contributed by atoms with Crippen LogP contribution in [0.1, 0.15) is 43.7 Å². The van der Waals surface area contributed by atoms with E-state index in [0.29, 0.717) is 17.1 Å². The van der Waals surface area contributed by atoms with Gasteiger partial charge in [0.15, 0.2) is 0 Å². The third-order valence-corrected chi connectivity index (χ3v) is 7.30. The molecule has 0 spiro atoms. The molecule has 2 N–H and O–H groups in total. The first-order chi connectivity index (χ1) is 19.6. The van der Waals surface area contributed by atoms with E-state index in [-0.39, 0.29) is 19.0 Å². The van der Waals surface area contributed by atoms with Crippen LogP contribution in [0.3, 0.4) is 0 Å². The molecule has 6 nitrogen and oxygen atoms in total. The minimum atomic E-state index is -1.50. The van der Waals surface area contributed by atoms with Gasteiger partial charge in [0.05, 0.1) is 0 Å². The monoisotopic (exact) mass is 568 g/mol. The largest absolute Gasteiger partial charge is 0.474 e. The van der Waals surface area contributed by atoms with Gasteiger partial charge in [-0.2, -0.15) is 0 Å². The number of carbonyl (C=O) groups excluding carboxylic acids is 2. The summed E-state index contributed by atoms with van der Waals surface area (Å²) in [6.45, 7) is 7.12. The molecule has 41 heavy (non-hydrogen) atoms. The number of carboxylic acids is 1. The minimum absolute atomic E-state index is 0.129. The Bertz CT molecular complexity index is 1540. The standard InChI is InChI=1S/C34H33ClN2O4/c1-22-17-23(2)31(24(3)18-22)15-16-36-32(38)29-6-4-5-28(19-29)27-11-7-25(8-12-27)20-37(33(39)34(40)41)21-26-9-13-30(35)14-10-26/h4-14,17-19H,15-16,20-21H2,1-3H3,(H,36,38)(H,40,41). The van der Waals surface area contributed by atoms with Crippen molar-refractivity contribution in [1.82, 2.24) is 10.2 Å². The summed E-state index contributed by atoms with van der Waals surface area (Å²) >= 11 is 5.95. The fourth-order valence-electron chi connectivity index (χ4n) is 5.02. The molecule has 0 aliphatic carbocycles. The number of hydrogen-bond donors (Lipinski definition) is 2. The van der Waals surface area contributed by atoms with Crippen molar-refractivity contribution in [1.29, 1.82) is 0 Å². The summed E-state index contributed by atoms with van der Waals surface area (Å²) in [6, 6.07) is 26.2. The Kier molecular flexibility index (Phi) is 9.58. The molecular formula is C34H33ClN2O4. The minimum Gasteiger partial charge on any atom is -0.474 e. The molecule has 7 heteroatoms. The van der Waals surface area contributed by atoms with Crippen LogP contribution >= 0.6 is 11.6 Å². The summed E-state index contributed by atoms with van der Waals surface area (Å²) in [6.07, 6.45) is 0.768. The van der Waals surface area contributed by atoms with Crippen molar-refractivity contribution in [2.75, 3.05) is 6.54 Å². The summed E-state index contributed by atoms with van der Waals surface area (Å²) in [5.41, 5.74) is 8.91. The van der Waals surface area contributed by atoms with E-state index in [1.165, 1.54) is 27.2 Å². The van der Waals surface area contributed by atoms with Crippen LogP contribution in [0.5, 0.6) is 0 Å². The van der Waals surface area contributed by atoms with Crippen LogP contribution in [-0.2, 0) is 29.1 Å². The lowest BCUT2D eigenvalue weighted by Crippen LogP contribution is -2.35. The van der Waals surface area contributed by atoms with Gasteiger partial charge < -0.3 is 15.3 Å². The lowest BCUT2D eigenvalue weighted by atomic mass is 9.97. The lowest BCUT2D eigenvalue weighted by Gasteiger charge is -2.21. The SMILES string of the molecule is Cc1cc(C)c(CCNC(=O)c2cccc(-c3ccc(CN(Cc4ccc(Cl)cc4)C(=O)C(=O)O)cc3)c2)c(C)c1. The third kappa shape index (κ3) is 7.83. The Morgan fingerprint density at radius 3 is 1.95 bits per heavy atom. The first-order valence-electron chi connectivity index (χ1n) is 13.4. The van der Waals surface area contributed by atoms with E-state index < -0.39 is 11.9 Å². The molecule has 0 atom stereocenters. The second-order valence-electron chi connectivity index (χ2n) is 10.3. The van der Waals surface area contributed by atoms with Gasteiger partial charge in [-0.1, -0.05) is 77.8 Å². The highest BCUT2D eigenvalue weighted by atomic mass is 35.5. The summed E-state index contributed by atoms with van der Waals surface area (Å²) in [5, 5.41) is 12.9. The van der Waals surface area contributed by atoms with Gasteiger partial charge in [0.25, 0.3) is 5.91 Å². The Hall–Kier alpha value is -4.42. The van der Waals surface area contributed by atoms with Crippen molar-refractivity contribution in [2.24, 2.45) is 0 Å². The molecule has 4 rings (SSSR count). The molecule has 0 aromatic heterocycles. The fourth-order valence-corrected chi connectivity index (χ4v) is 5.14. The van der Waals surface area contributed by atoms with Crippen molar-refractivity contribution in [3.8, 4) is 11.1 Å². The van der Waals surface area contributed by atoms with E-state index in [9.17, 15) is 19.5 Å². The third-order valence-electron chi connectivity index (χ3n) is 7.04. The van der Waals surface area contributed by atoms with Gasteiger partial charge in [-0.15, -0.1) is 0 Å². The van der Waals surface area contributed by atoms with Crippen LogP contribution in [0.2, 0.25) is 5.02 Å². The smallest absolute Gasteiger partial charge is 0.394 e. The molecule has 4 aromatic carbocycles. The van der Waals surface area contributed by atoms with E-state index in [1.807, 2.05) is 42.5 Å². The second kappa shape index (κ2) is 13.3. The normalized spacial score (nSPS) is 10.7. The number of rotatable bonds is 9. The highest BCUT2D eigenvalue weighted by molar-refractivity contribution is 6.31. The van der Waals surface area contributed by atoms with Gasteiger partial charge in [0.1, 0.15) is 0 Å². The van der Waals surface area contributed by atoms with E-state index in [0.717, 1.165) is 28.7 Å². The molecule has 0 saturated heterocycles. The highest BCUT2D eigenvalue weighted by Crippen LogP contribution is 2.23. The number of nitrogens with one attached hydrogen (secondary N) is 1. The summed E-state index contributed by atoms with van der Waals surface area (Å²) in [7, 11) is 0. The lowest BCUT2D eigenvalue weighted by molar-refractivity contribution is -0.156.